The summed E-state index contributed by atoms with van der Waals surface area (Å²) in [6.07, 6.45) is 9.97. The molecule has 2 aromatic rings. The van der Waals surface area contributed by atoms with Crippen LogP contribution in [0.4, 0.5) is 8.78 Å². The second-order valence-electron chi connectivity index (χ2n) is 9.52. The van der Waals surface area contributed by atoms with Crippen molar-refractivity contribution in [2.75, 3.05) is 19.7 Å². The van der Waals surface area contributed by atoms with Crippen LogP contribution in [0.25, 0.3) is 0 Å². The maximum atomic E-state index is 13.0. The minimum atomic E-state index is -2.85. The van der Waals surface area contributed by atoms with Crippen LogP contribution in [-0.2, 0) is 24.3 Å². The molecule has 1 fully saturated rings. The summed E-state index contributed by atoms with van der Waals surface area (Å²) in [5.74, 6) is -2.15. The predicted octanol–water partition coefficient (Wildman–Crippen LogP) is 3.81. The normalized spacial score (nSPS) is 21.6. The Morgan fingerprint density at radius 1 is 1.33 bits per heavy atom. The molecule has 0 spiro atoms. The summed E-state index contributed by atoms with van der Waals surface area (Å²) in [6, 6.07) is 0.256. The molecule has 182 valence electrons. The van der Waals surface area contributed by atoms with Gasteiger partial charge in [0, 0.05) is 37.1 Å². The molecule has 2 aromatic heterocycles. The van der Waals surface area contributed by atoms with E-state index in [2.05, 4.69) is 20.3 Å². The second kappa shape index (κ2) is 10.5. The predicted molar refractivity (Wildman–Crippen MR) is 123 cm³/mol. The average molecular weight is 482 g/mol. The van der Waals surface area contributed by atoms with E-state index < -0.39 is 12.5 Å². The van der Waals surface area contributed by atoms with Crippen molar-refractivity contribution in [2.45, 2.75) is 77.4 Å². The van der Waals surface area contributed by atoms with Crippen LogP contribution in [-0.4, -0.2) is 57.2 Å². The van der Waals surface area contributed by atoms with Crippen molar-refractivity contribution in [2.24, 2.45) is 5.92 Å². The number of nitrogens with one attached hydrogen (secondary N) is 1. The summed E-state index contributed by atoms with van der Waals surface area (Å²) in [7, 11) is 0. The number of carbonyl (C=O) groups excluding carboxylic acids is 1. The Hall–Kier alpha value is -2.07. The molecule has 3 heterocycles. The zero-order chi connectivity index (χ0) is 23.4. The summed E-state index contributed by atoms with van der Waals surface area (Å²) < 4.78 is 32.9. The van der Waals surface area contributed by atoms with Crippen LogP contribution in [0.5, 0.6) is 5.19 Å². The monoisotopic (exact) mass is 481 g/mol. The fourth-order valence-corrected chi connectivity index (χ4v) is 5.51. The van der Waals surface area contributed by atoms with Gasteiger partial charge < -0.3 is 10.1 Å². The maximum absolute atomic E-state index is 13.0. The number of nitrogens with zero attached hydrogens (tertiary/aromatic N) is 4. The van der Waals surface area contributed by atoms with Gasteiger partial charge in [0.1, 0.15) is 6.54 Å². The number of hydrogen-bond donors (Lipinski definition) is 1. The molecule has 1 N–H and O–H groups in total. The number of carbonyl (C=O) groups is 1. The SMILES string of the molecule is Cc1cnn(CC(=O)N[C@H]2CC[C@H](CCN3CCc4sc(OCC(C)(F)F)nc4C3)CC2)c1. The number of halogens is 2. The van der Waals surface area contributed by atoms with Crippen LogP contribution >= 0.6 is 11.3 Å². The number of hydrogen-bond acceptors (Lipinski definition) is 6. The number of amides is 1. The molecule has 1 amide bonds. The van der Waals surface area contributed by atoms with E-state index in [1.807, 2.05) is 13.1 Å². The Kier molecular flexibility index (Phi) is 7.63. The van der Waals surface area contributed by atoms with Crippen LogP contribution in [0, 0.1) is 12.8 Å². The molecule has 0 aromatic carbocycles. The molecule has 4 rings (SSSR count). The van der Waals surface area contributed by atoms with Crippen molar-refractivity contribution in [1.29, 1.82) is 0 Å². The largest absolute Gasteiger partial charge is 0.464 e. The molecule has 7 nitrogen and oxygen atoms in total. The minimum Gasteiger partial charge on any atom is -0.464 e. The summed E-state index contributed by atoms with van der Waals surface area (Å²) in [5, 5.41) is 7.69. The Morgan fingerprint density at radius 3 is 2.82 bits per heavy atom. The van der Waals surface area contributed by atoms with E-state index in [0.717, 1.165) is 81.2 Å². The zero-order valence-electron chi connectivity index (χ0n) is 19.4. The van der Waals surface area contributed by atoms with E-state index in [1.165, 1.54) is 11.3 Å². The molecule has 0 bridgehead atoms. The van der Waals surface area contributed by atoms with E-state index in [0.29, 0.717) is 11.1 Å². The third-order valence-electron chi connectivity index (χ3n) is 6.37. The molecule has 0 atom stereocenters. The van der Waals surface area contributed by atoms with Crippen LogP contribution < -0.4 is 10.1 Å². The Balaban J connectivity index is 1.15. The van der Waals surface area contributed by atoms with Gasteiger partial charge in [-0.25, -0.2) is 13.8 Å². The zero-order valence-corrected chi connectivity index (χ0v) is 20.2. The number of alkyl halides is 2. The quantitative estimate of drug-likeness (QED) is 0.590. The number of fused-ring (bicyclic) bond motifs is 1. The van der Waals surface area contributed by atoms with Crippen molar-refractivity contribution in [3.05, 3.63) is 28.5 Å². The van der Waals surface area contributed by atoms with Gasteiger partial charge >= 0.3 is 0 Å². The lowest BCUT2D eigenvalue weighted by molar-refractivity contribution is -0.122. The number of aryl methyl sites for hydroxylation is 1. The van der Waals surface area contributed by atoms with E-state index in [4.69, 9.17) is 4.74 Å². The van der Waals surface area contributed by atoms with Crippen molar-refractivity contribution >= 4 is 17.2 Å². The van der Waals surface area contributed by atoms with Crippen LogP contribution in [0.3, 0.4) is 0 Å². The van der Waals surface area contributed by atoms with Gasteiger partial charge in [-0.1, -0.05) is 11.3 Å². The minimum absolute atomic E-state index is 0.0277. The van der Waals surface area contributed by atoms with Gasteiger partial charge in [-0.15, -0.1) is 0 Å². The highest BCUT2D eigenvalue weighted by Crippen LogP contribution is 2.32. The molecular formula is C23H33F2N5O2S. The van der Waals surface area contributed by atoms with Gasteiger partial charge in [0.05, 0.1) is 11.9 Å². The molecule has 1 saturated carbocycles. The first-order valence-electron chi connectivity index (χ1n) is 11.7. The van der Waals surface area contributed by atoms with Gasteiger partial charge in [0.25, 0.3) is 11.1 Å². The Labute approximate surface area is 197 Å². The molecule has 0 radical (unpaired) electrons. The fraction of sp³-hybridized carbons (Fsp3) is 0.696. The number of ether oxygens (including phenoxy) is 1. The number of aromatic nitrogens is 3. The molecule has 10 heteroatoms. The van der Waals surface area contributed by atoms with Crippen molar-refractivity contribution in [3.8, 4) is 5.19 Å². The van der Waals surface area contributed by atoms with Gasteiger partial charge in [0.15, 0.2) is 6.61 Å². The van der Waals surface area contributed by atoms with Crippen LogP contribution in [0.15, 0.2) is 12.4 Å². The third-order valence-corrected chi connectivity index (χ3v) is 7.44. The first-order chi connectivity index (χ1) is 15.7. The number of thiazole rings is 1. The lowest BCUT2D eigenvalue weighted by Crippen LogP contribution is -2.40. The Morgan fingerprint density at radius 2 is 2.12 bits per heavy atom. The summed E-state index contributed by atoms with van der Waals surface area (Å²) in [5.41, 5.74) is 2.03. The second-order valence-corrected chi connectivity index (χ2v) is 10.6. The van der Waals surface area contributed by atoms with Crippen molar-refractivity contribution in [3.63, 3.8) is 0 Å². The fourth-order valence-electron chi connectivity index (χ4n) is 4.60. The molecular weight excluding hydrogens is 448 g/mol. The van der Waals surface area contributed by atoms with Gasteiger partial charge in [-0.2, -0.15) is 5.10 Å². The maximum Gasteiger partial charge on any atom is 0.278 e. The van der Waals surface area contributed by atoms with Gasteiger partial charge in [-0.05, 0) is 63.5 Å². The summed E-state index contributed by atoms with van der Waals surface area (Å²) >= 11 is 1.40. The summed E-state index contributed by atoms with van der Waals surface area (Å²) in [4.78, 5) is 20.3. The van der Waals surface area contributed by atoms with Crippen LogP contribution in [0.2, 0.25) is 0 Å². The highest BCUT2D eigenvalue weighted by Gasteiger charge is 2.27. The van der Waals surface area contributed by atoms with Gasteiger partial charge in [-0.3, -0.25) is 14.4 Å². The highest BCUT2D eigenvalue weighted by molar-refractivity contribution is 7.13. The standard InChI is InChI=1S/C23H33F2N5O2S/c1-16-11-26-30(12-16)14-21(31)27-18-5-3-17(4-6-18)7-9-29-10-8-20-19(13-29)28-22(33-20)32-15-23(2,24)25/h11-12,17-18H,3-10,13-15H2,1-2H3,(H,27,31)/t17-,18-. The summed E-state index contributed by atoms with van der Waals surface area (Å²) in [6.45, 7) is 5.20. The van der Waals surface area contributed by atoms with Gasteiger partial charge in [0.2, 0.25) is 5.91 Å². The van der Waals surface area contributed by atoms with E-state index >= 15 is 0 Å². The molecule has 1 aliphatic heterocycles. The average Bonchev–Trinajstić information content (AvgIpc) is 3.36. The topological polar surface area (TPSA) is 72.3 Å². The molecule has 1 aliphatic carbocycles. The lowest BCUT2D eigenvalue weighted by Gasteiger charge is -2.32. The molecule has 0 saturated heterocycles. The van der Waals surface area contributed by atoms with E-state index in [9.17, 15) is 13.6 Å². The highest BCUT2D eigenvalue weighted by atomic mass is 32.1. The lowest BCUT2D eigenvalue weighted by atomic mass is 9.84. The molecule has 0 unspecified atom stereocenters. The first-order valence-corrected chi connectivity index (χ1v) is 12.5. The van der Waals surface area contributed by atoms with Crippen molar-refractivity contribution in [1.82, 2.24) is 25.0 Å². The molecule has 33 heavy (non-hydrogen) atoms. The third kappa shape index (κ3) is 7.20. The molecule has 2 aliphatic rings. The van der Waals surface area contributed by atoms with Crippen LogP contribution in [0.1, 0.15) is 55.2 Å². The smallest absolute Gasteiger partial charge is 0.278 e. The number of rotatable bonds is 9. The van der Waals surface area contributed by atoms with Crippen molar-refractivity contribution < 1.29 is 18.3 Å². The Bertz CT molecular complexity index is 934. The van der Waals surface area contributed by atoms with E-state index in [-0.39, 0.29) is 18.5 Å². The first kappa shape index (κ1) is 24.1. The van der Waals surface area contributed by atoms with E-state index in [1.54, 1.807) is 10.9 Å².